The van der Waals surface area contributed by atoms with Gasteiger partial charge in [0.25, 0.3) is 0 Å². The largest absolute Gasteiger partial charge is 0.497 e. The van der Waals surface area contributed by atoms with Crippen LogP contribution in [0.1, 0.15) is 22.7 Å². The number of carbonyl (C=O) groups is 1. The molecule has 1 atom stereocenters. The number of rotatable bonds is 5. The lowest BCUT2D eigenvalue weighted by Crippen LogP contribution is -2.33. The Bertz CT molecular complexity index is 878. The lowest BCUT2D eigenvalue weighted by Gasteiger charge is -2.22. The van der Waals surface area contributed by atoms with Crippen molar-refractivity contribution in [2.45, 2.75) is 13.0 Å². The maximum atomic E-state index is 12.6. The molecular weight excluding hydrogens is 324 g/mol. The van der Waals surface area contributed by atoms with E-state index in [-0.39, 0.29) is 12.1 Å². The molecule has 2 N–H and O–H groups in total. The molecule has 0 aliphatic rings. The number of hydrogen-bond donors (Lipinski definition) is 2. The van der Waals surface area contributed by atoms with Gasteiger partial charge in [-0.25, -0.2) is 4.79 Å². The first-order valence-corrected chi connectivity index (χ1v) is 8.49. The standard InChI is InChI=1S/C22H22N2O2/c1-16-9-6-7-14-20(16)21(17-10-4-3-5-11-17)24-22(25)23-18-12-8-13-19(15-18)26-2/h3-15,21H,1-2H3,(H2,23,24,25)/t21-/m0/s1. The third kappa shape index (κ3) is 4.22. The van der Waals surface area contributed by atoms with Gasteiger partial charge in [0.2, 0.25) is 0 Å². The zero-order chi connectivity index (χ0) is 18.4. The van der Waals surface area contributed by atoms with Crippen LogP contribution >= 0.6 is 0 Å². The average molecular weight is 346 g/mol. The molecule has 0 saturated carbocycles. The first kappa shape index (κ1) is 17.5. The summed E-state index contributed by atoms with van der Waals surface area (Å²) in [7, 11) is 1.60. The summed E-state index contributed by atoms with van der Waals surface area (Å²) in [6, 6.07) is 24.8. The van der Waals surface area contributed by atoms with Crippen LogP contribution in [0.25, 0.3) is 0 Å². The molecule has 0 heterocycles. The molecular formula is C22H22N2O2. The van der Waals surface area contributed by atoms with E-state index in [1.54, 1.807) is 13.2 Å². The van der Waals surface area contributed by atoms with Crippen molar-refractivity contribution in [1.29, 1.82) is 0 Å². The summed E-state index contributed by atoms with van der Waals surface area (Å²) in [5.74, 6) is 0.696. The quantitative estimate of drug-likeness (QED) is 0.689. The van der Waals surface area contributed by atoms with Gasteiger partial charge in [0.15, 0.2) is 0 Å². The minimum atomic E-state index is -0.268. The highest BCUT2D eigenvalue weighted by molar-refractivity contribution is 5.90. The first-order chi connectivity index (χ1) is 12.7. The van der Waals surface area contributed by atoms with E-state index < -0.39 is 0 Å². The molecule has 0 fully saturated rings. The summed E-state index contributed by atoms with van der Waals surface area (Å²) in [6.45, 7) is 2.05. The van der Waals surface area contributed by atoms with Crippen molar-refractivity contribution in [1.82, 2.24) is 5.32 Å². The Hall–Kier alpha value is -3.27. The molecule has 4 nitrogen and oxygen atoms in total. The van der Waals surface area contributed by atoms with Gasteiger partial charge in [-0.3, -0.25) is 0 Å². The Kier molecular flexibility index (Phi) is 5.54. The average Bonchev–Trinajstić information content (AvgIpc) is 2.67. The van der Waals surface area contributed by atoms with Crippen molar-refractivity contribution in [2.75, 3.05) is 12.4 Å². The second kappa shape index (κ2) is 8.21. The third-order valence-electron chi connectivity index (χ3n) is 4.24. The smallest absolute Gasteiger partial charge is 0.319 e. The highest BCUT2D eigenvalue weighted by Crippen LogP contribution is 2.25. The van der Waals surface area contributed by atoms with Gasteiger partial charge in [-0.05, 0) is 35.7 Å². The number of urea groups is 1. The maximum absolute atomic E-state index is 12.6. The maximum Gasteiger partial charge on any atom is 0.319 e. The van der Waals surface area contributed by atoms with Crippen LogP contribution in [-0.2, 0) is 0 Å². The van der Waals surface area contributed by atoms with Crippen molar-refractivity contribution in [3.63, 3.8) is 0 Å². The molecule has 132 valence electrons. The molecule has 0 aliphatic heterocycles. The number of amides is 2. The lowest BCUT2D eigenvalue weighted by molar-refractivity contribution is 0.250. The van der Waals surface area contributed by atoms with Gasteiger partial charge in [0.1, 0.15) is 5.75 Å². The minimum Gasteiger partial charge on any atom is -0.497 e. The predicted molar refractivity (Wildman–Crippen MR) is 105 cm³/mol. The van der Waals surface area contributed by atoms with E-state index in [1.165, 1.54) is 0 Å². The number of hydrogen-bond acceptors (Lipinski definition) is 2. The highest BCUT2D eigenvalue weighted by atomic mass is 16.5. The first-order valence-electron chi connectivity index (χ1n) is 8.49. The Morgan fingerprint density at radius 2 is 1.65 bits per heavy atom. The van der Waals surface area contributed by atoms with Crippen molar-refractivity contribution in [2.24, 2.45) is 0 Å². The van der Waals surface area contributed by atoms with Crippen LogP contribution in [0.4, 0.5) is 10.5 Å². The topological polar surface area (TPSA) is 50.4 Å². The number of benzene rings is 3. The second-order valence-electron chi connectivity index (χ2n) is 6.03. The molecule has 26 heavy (non-hydrogen) atoms. The van der Waals surface area contributed by atoms with Crippen LogP contribution in [0, 0.1) is 6.92 Å². The fourth-order valence-electron chi connectivity index (χ4n) is 2.90. The molecule has 2 amide bonds. The van der Waals surface area contributed by atoms with Crippen LogP contribution < -0.4 is 15.4 Å². The number of aryl methyl sites for hydroxylation is 1. The molecule has 4 heteroatoms. The Labute approximate surface area is 153 Å². The SMILES string of the molecule is COc1cccc(NC(=O)N[C@@H](c2ccccc2)c2ccccc2C)c1. The molecule has 0 saturated heterocycles. The van der Waals surface area contributed by atoms with Crippen molar-refractivity contribution in [3.8, 4) is 5.75 Å². The second-order valence-corrected chi connectivity index (χ2v) is 6.03. The number of anilines is 1. The molecule has 0 aromatic heterocycles. The van der Waals surface area contributed by atoms with Gasteiger partial charge >= 0.3 is 6.03 Å². The third-order valence-corrected chi connectivity index (χ3v) is 4.24. The van der Waals surface area contributed by atoms with Crippen LogP contribution in [0.2, 0.25) is 0 Å². The van der Waals surface area contributed by atoms with Gasteiger partial charge in [-0.2, -0.15) is 0 Å². The summed E-state index contributed by atoms with van der Waals surface area (Å²) in [4.78, 5) is 12.6. The number of ether oxygens (including phenoxy) is 1. The van der Waals surface area contributed by atoms with Gasteiger partial charge < -0.3 is 15.4 Å². The van der Waals surface area contributed by atoms with E-state index in [4.69, 9.17) is 4.74 Å². The fourth-order valence-corrected chi connectivity index (χ4v) is 2.90. The van der Waals surface area contributed by atoms with E-state index in [1.807, 2.05) is 79.7 Å². The Morgan fingerprint density at radius 1 is 0.923 bits per heavy atom. The highest BCUT2D eigenvalue weighted by Gasteiger charge is 2.18. The molecule has 3 rings (SSSR count). The van der Waals surface area contributed by atoms with Gasteiger partial charge in [0.05, 0.1) is 13.2 Å². The van der Waals surface area contributed by atoms with E-state index in [2.05, 4.69) is 10.6 Å². The van der Waals surface area contributed by atoms with Gasteiger partial charge in [-0.15, -0.1) is 0 Å². The van der Waals surface area contributed by atoms with Crippen molar-refractivity contribution < 1.29 is 9.53 Å². The number of methoxy groups -OCH3 is 1. The van der Waals surface area contributed by atoms with Gasteiger partial charge in [-0.1, -0.05) is 60.7 Å². The fraction of sp³-hybridized carbons (Fsp3) is 0.136. The summed E-state index contributed by atoms with van der Waals surface area (Å²) in [5, 5.41) is 5.96. The van der Waals surface area contributed by atoms with E-state index in [9.17, 15) is 4.79 Å². The summed E-state index contributed by atoms with van der Waals surface area (Å²) >= 11 is 0. The lowest BCUT2D eigenvalue weighted by atomic mass is 9.95. The van der Waals surface area contributed by atoms with Crippen LogP contribution in [-0.4, -0.2) is 13.1 Å². The predicted octanol–water partition coefficient (Wildman–Crippen LogP) is 4.91. The van der Waals surface area contributed by atoms with E-state index >= 15 is 0 Å². The molecule has 3 aromatic rings. The monoisotopic (exact) mass is 346 g/mol. The minimum absolute atomic E-state index is 0.233. The van der Waals surface area contributed by atoms with Gasteiger partial charge in [0, 0.05) is 11.8 Å². The number of nitrogens with one attached hydrogen (secondary N) is 2. The molecule has 0 radical (unpaired) electrons. The zero-order valence-corrected chi connectivity index (χ0v) is 14.9. The van der Waals surface area contributed by atoms with Crippen LogP contribution in [0.3, 0.4) is 0 Å². The Balaban J connectivity index is 1.84. The summed E-state index contributed by atoms with van der Waals surface area (Å²) in [6.07, 6.45) is 0. The normalized spacial score (nSPS) is 11.5. The number of carbonyl (C=O) groups excluding carboxylic acids is 1. The van der Waals surface area contributed by atoms with E-state index in [0.29, 0.717) is 11.4 Å². The zero-order valence-electron chi connectivity index (χ0n) is 14.9. The molecule has 0 spiro atoms. The Morgan fingerprint density at radius 3 is 2.38 bits per heavy atom. The van der Waals surface area contributed by atoms with Crippen LogP contribution in [0.15, 0.2) is 78.9 Å². The molecule has 3 aromatic carbocycles. The van der Waals surface area contributed by atoms with E-state index in [0.717, 1.165) is 16.7 Å². The van der Waals surface area contributed by atoms with Crippen molar-refractivity contribution in [3.05, 3.63) is 95.6 Å². The summed E-state index contributed by atoms with van der Waals surface area (Å²) < 4.78 is 5.20. The summed E-state index contributed by atoms with van der Waals surface area (Å²) in [5.41, 5.74) is 3.91. The molecule has 0 unspecified atom stereocenters. The molecule has 0 bridgehead atoms. The molecule has 0 aliphatic carbocycles. The van der Waals surface area contributed by atoms with Crippen LogP contribution in [0.5, 0.6) is 5.75 Å². The van der Waals surface area contributed by atoms with Crippen molar-refractivity contribution >= 4 is 11.7 Å².